The van der Waals surface area contributed by atoms with E-state index in [9.17, 15) is 5.11 Å². The molecule has 0 amide bonds. The lowest BCUT2D eigenvalue weighted by molar-refractivity contribution is -0.0641. The Morgan fingerprint density at radius 1 is 1.21 bits per heavy atom. The van der Waals surface area contributed by atoms with Gasteiger partial charge in [0, 0.05) is 12.7 Å². The molecule has 0 unspecified atom stereocenters. The monoisotopic (exact) mass is 329 g/mol. The van der Waals surface area contributed by atoms with E-state index in [1.165, 1.54) is 0 Å². The number of hydrogen-bond acceptors (Lipinski definition) is 6. The number of nitrogens with zero attached hydrogens (tertiary/aromatic N) is 2. The predicted octanol–water partition coefficient (Wildman–Crippen LogP) is 1.78. The van der Waals surface area contributed by atoms with Gasteiger partial charge in [-0.25, -0.2) is 9.97 Å². The summed E-state index contributed by atoms with van der Waals surface area (Å²) < 4.78 is 11.5. The van der Waals surface area contributed by atoms with E-state index in [4.69, 9.17) is 9.47 Å². The molecular formula is C18H23N3O3. The fourth-order valence-corrected chi connectivity index (χ4v) is 2.85. The van der Waals surface area contributed by atoms with Crippen LogP contribution in [-0.2, 0) is 11.3 Å². The highest BCUT2D eigenvalue weighted by Crippen LogP contribution is 2.24. The van der Waals surface area contributed by atoms with Gasteiger partial charge in [0.05, 0.1) is 19.0 Å². The molecule has 6 heteroatoms. The molecule has 0 spiro atoms. The second-order valence-electron chi connectivity index (χ2n) is 6.03. The van der Waals surface area contributed by atoms with Crippen LogP contribution in [-0.4, -0.2) is 47.5 Å². The smallest absolute Gasteiger partial charge is 0.159 e. The lowest BCUT2D eigenvalue weighted by Gasteiger charge is -2.35. The van der Waals surface area contributed by atoms with Gasteiger partial charge in [0.15, 0.2) is 11.6 Å². The van der Waals surface area contributed by atoms with E-state index < -0.39 is 0 Å². The van der Waals surface area contributed by atoms with Crippen LogP contribution in [0.3, 0.4) is 0 Å². The van der Waals surface area contributed by atoms with Crippen LogP contribution in [0.5, 0.6) is 5.75 Å². The molecule has 0 bridgehead atoms. The Morgan fingerprint density at radius 2 is 1.96 bits per heavy atom. The fourth-order valence-electron chi connectivity index (χ4n) is 2.85. The molecule has 1 aromatic heterocycles. The van der Waals surface area contributed by atoms with E-state index >= 15 is 0 Å². The zero-order valence-corrected chi connectivity index (χ0v) is 13.9. The summed E-state index contributed by atoms with van der Waals surface area (Å²) in [5.41, 5.74) is 1.48. The first kappa shape index (κ1) is 16.8. The third-order valence-corrected chi connectivity index (χ3v) is 4.45. The topological polar surface area (TPSA) is 76.5 Å². The van der Waals surface area contributed by atoms with Crippen LogP contribution in [0.15, 0.2) is 36.7 Å². The van der Waals surface area contributed by atoms with Crippen molar-refractivity contribution in [2.45, 2.75) is 25.0 Å². The maximum absolute atomic E-state index is 9.22. The van der Waals surface area contributed by atoms with Gasteiger partial charge >= 0.3 is 0 Å². The van der Waals surface area contributed by atoms with Crippen LogP contribution in [0.2, 0.25) is 0 Å². The summed E-state index contributed by atoms with van der Waals surface area (Å²) in [4.78, 5) is 8.73. The van der Waals surface area contributed by atoms with E-state index in [-0.39, 0.29) is 12.2 Å². The van der Waals surface area contributed by atoms with Gasteiger partial charge in [0.1, 0.15) is 12.2 Å². The van der Waals surface area contributed by atoms with E-state index in [1.54, 1.807) is 19.5 Å². The van der Waals surface area contributed by atoms with Crippen molar-refractivity contribution in [3.05, 3.63) is 42.2 Å². The van der Waals surface area contributed by atoms with Gasteiger partial charge in [0.25, 0.3) is 0 Å². The lowest BCUT2D eigenvalue weighted by atomic mass is 9.93. The Balaban J connectivity index is 1.66. The third kappa shape index (κ3) is 3.90. The molecular weight excluding hydrogens is 306 g/mol. The molecule has 6 nitrogen and oxygen atoms in total. The number of aliphatic hydroxyl groups excluding tert-OH is 1. The van der Waals surface area contributed by atoms with Crippen molar-refractivity contribution in [1.29, 1.82) is 0 Å². The van der Waals surface area contributed by atoms with Gasteiger partial charge in [0.2, 0.25) is 0 Å². The summed E-state index contributed by atoms with van der Waals surface area (Å²) in [6.45, 7) is 2.37. The van der Waals surface area contributed by atoms with Crippen LogP contribution in [0.4, 0.5) is 0 Å². The van der Waals surface area contributed by atoms with Crippen LogP contribution in [0.1, 0.15) is 18.4 Å². The molecule has 24 heavy (non-hydrogen) atoms. The average Bonchev–Trinajstić information content (AvgIpc) is 2.67. The molecule has 2 aromatic rings. The van der Waals surface area contributed by atoms with Crippen molar-refractivity contribution in [3.63, 3.8) is 0 Å². The lowest BCUT2D eigenvalue weighted by Crippen LogP contribution is -2.47. The minimum atomic E-state index is -0.237. The fraction of sp³-hybridized carbons (Fsp3) is 0.444. The van der Waals surface area contributed by atoms with Gasteiger partial charge in [-0.2, -0.15) is 0 Å². The number of piperidine rings is 1. The molecule has 0 saturated carbocycles. The number of methoxy groups -OCH3 is 1. The second kappa shape index (κ2) is 7.70. The second-order valence-corrected chi connectivity index (χ2v) is 6.03. The van der Waals surface area contributed by atoms with Gasteiger partial charge < -0.3 is 19.9 Å². The van der Waals surface area contributed by atoms with Crippen molar-refractivity contribution < 1.29 is 14.6 Å². The van der Waals surface area contributed by atoms with Gasteiger partial charge in [-0.3, -0.25) is 0 Å². The zero-order chi connectivity index (χ0) is 16.8. The van der Waals surface area contributed by atoms with Crippen LogP contribution in [0.25, 0.3) is 11.4 Å². The van der Waals surface area contributed by atoms with Crippen LogP contribution in [0, 0.1) is 0 Å². The first-order chi connectivity index (χ1) is 11.7. The van der Waals surface area contributed by atoms with E-state index in [0.717, 1.165) is 37.1 Å². The standard InChI is InChI=1S/C18H23N3O3/c1-23-18(5-7-19-8-6-18)13-24-16-10-20-17(21-11-16)15-4-2-3-14(9-15)12-22/h2-4,9-11,19,22H,5-8,12-13H2,1H3. The summed E-state index contributed by atoms with van der Waals surface area (Å²) in [7, 11) is 1.74. The van der Waals surface area contributed by atoms with E-state index in [1.807, 2.05) is 24.3 Å². The molecule has 2 N–H and O–H groups in total. The van der Waals surface area contributed by atoms with Crippen molar-refractivity contribution in [2.24, 2.45) is 0 Å². The van der Waals surface area contributed by atoms with Gasteiger partial charge in [-0.1, -0.05) is 18.2 Å². The number of aromatic nitrogens is 2. The van der Waals surface area contributed by atoms with E-state index in [2.05, 4.69) is 15.3 Å². The Hall–Kier alpha value is -2.02. The molecule has 0 radical (unpaired) electrons. The number of benzene rings is 1. The summed E-state index contributed by atoms with van der Waals surface area (Å²) in [6, 6.07) is 7.55. The summed E-state index contributed by atoms with van der Waals surface area (Å²) in [5.74, 6) is 1.24. The Kier molecular flexibility index (Phi) is 5.40. The van der Waals surface area contributed by atoms with Crippen molar-refractivity contribution in [2.75, 3.05) is 26.8 Å². The number of rotatable bonds is 6. The minimum absolute atomic E-state index is 0.00297. The predicted molar refractivity (Wildman–Crippen MR) is 90.7 cm³/mol. The molecule has 1 fully saturated rings. The quantitative estimate of drug-likeness (QED) is 0.841. The molecule has 1 aromatic carbocycles. The largest absolute Gasteiger partial charge is 0.487 e. The molecule has 1 saturated heterocycles. The Bertz CT molecular complexity index is 655. The van der Waals surface area contributed by atoms with E-state index in [0.29, 0.717) is 18.2 Å². The number of nitrogens with one attached hydrogen (secondary N) is 1. The molecule has 128 valence electrons. The van der Waals surface area contributed by atoms with Crippen molar-refractivity contribution >= 4 is 0 Å². The zero-order valence-electron chi connectivity index (χ0n) is 13.9. The average molecular weight is 329 g/mol. The maximum atomic E-state index is 9.22. The normalized spacial score (nSPS) is 16.8. The highest BCUT2D eigenvalue weighted by atomic mass is 16.5. The Labute approximate surface area is 141 Å². The summed E-state index contributed by atoms with van der Waals surface area (Å²) >= 11 is 0. The minimum Gasteiger partial charge on any atom is -0.487 e. The Morgan fingerprint density at radius 3 is 2.62 bits per heavy atom. The molecule has 1 aliphatic rings. The molecule has 0 aliphatic carbocycles. The number of aliphatic hydroxyl groups is 1. The van der Waals surface area contributed by atoms with Crippen molar-refractivity contribution in [1.82, 2.24) is 15.3 Å². The third-order valence-electron chi connectivity index (χ3n) is 4.45. The molecule has 2 heterocycles. The molecule has 1 aliphatic heterocycles. The van der Waals surface area contributed by atoms with Crippen LogP contribution >= 0.6 is 0 Å². The molecule has 3 rings (SSSR count). The summed E-state index contributed by atoms with van der Waals surface area (Å²) in [5, 5.41) is 12.5. The van der Waals surface area contributed by atoms with Crippen LogP contribution < -0.4 is 10.1 Å². The number of ether oxygens (including phenoxy) is 2. The van der Waals surface area contributed by atoms with Gasteiger partial charge in [-0.15, -0.1) is 0 Å². The van der Waals surface area contributed by atoms with Gasteiger partial charge in [-0.05, 0) is 37.6 Å². The van der Waals surface area contributed by atoms with Crippen molar-refractivity contribution in [3.8, 4) is 17.1 Å². The summed E-state index contributed by atoms with van der Waals surface area (Å²) in [6.07, 6.45) is 5.21. The molecule has 0 atom stereocenters. The number of hydrogen-bond donors (Lipinski definition) is 2. The highest BCUT2D eigenvalue weighted by molar-refractivity contribution is 5.55. The first-order valence-corrected chi connectivity index (χ1v) is 8.16. The highest BCUT2D eigenvalue weighted by Gasteiger charge is 2.32. The SMILES string of the molecule is COC1(COc2cnc(-c3cccc(CO)c3)nc2)CCNCC1. The first-order valence-electron chi connectivity index (χ1n) is 8.16. The maximum Gasteiger partial charge on any atom is 0.159 e.